The highest BCUT2D eigenvalue weighted by molar-refractivity contribution is 6.01. The van der Waals surface area contributed by atoms with Gasteiger partial charge in [0, 0.05) is 5.69 Å². The molecule has 1 aliphatic carbocycles. The van der Waals surface area contributed by atoms with Gasteiger partial charge in [0.2, 0.25) is 5.91 Å². The minimum atomic E-state index is -0.818. The molecule has 100 valence electrons. The average Bonchev–Trinajstić information content (AvgIpc) is 2.79. The number of fused-ring (bicyclic) bond motifs is 1. The number of anilines is 1. The highest BCUT2D eigenvalue weighted by atomic mass is 16.4. The van der Waals surface area contributed by atoms with E-state index in [1.165, 1.54) is 0 Å². The Morgan fingerprint density at radius 1 is 1.21 bits per heavy atom. The number of para-hydroxylation sites is 1. The lowest BCUT2D eigenvalue weighted by Crippen LogP contribution is -2.38. The number of amides is 1. The fraction of sp³-hybridized carbons (Fsp3) is 0.467. The smallest absolute Gasteiger partial charge is 0.314 e. The Labute approximate surface area is 111 Å². The van der Waals surface area contributed by atoms with Crippen LogP contribution in [0.4, 0.5) is 5.69 Å². The fourth-order valence-corrected chi connectivity index (χ4v) is 3.40. The summed E-state index contributed by atoms with van der Waals surface area (Å²) in [5.41, 5.74) is 1.65. The predicted octanol–water partition coefficient (Wildman–Crippen LogP) is 2.47. The van der Waals surface area contributed by atoms with Gasteiger partial charge in [0.05, 0.1) is 11.8 Å². The number of hydrogen-bond acceptors (Lipinski definition) is 2. The van der Waals surface area contributed by atoms with E-state index < -0.39 is 11.4 Å². The Hall–Kier alpha value is -1.84. The number of hydrogen-bond donors (Lipinski definition) is 2. The fourth-order valence-electron chi connectivity index (χ4n) is 3.40. The van der Waals surface area contributed by atoms with E-state index in [2.05, 4.69) is 5.32 Å². The molecule has 4 heteroatoms. The molecule has 19 heavy (non-hydrogen) atoms. The molecule has 0 bridgehead atoms. The molecule has 0 radical (unpaired) electrons. The molecule has 1 amide bonds. The van der Waals surface area contributed by atoms with Crippen LogP contribution >= 0.6 is 0 Å². The van der Waals surface area contributed by atoms with Gasteiger partial charge in [-0.05, 0) is 24.0 Å². The maximum atomic E-state index is 11.8. The van der Waals surface area contributed by atoms with Crippen LogP contribution in [0.5, 0.6) is 0 Å². The number of benzene rings is 1. The van der Waals surface area contributed by atoms with Crippen molar-refractivity contribution < 1.29 is 14.7 Å². The number of carbonyl (C=O) groups is 2. The largest absolute Gasteiger partial charge is 0.481 e. The Bertz CT molecular complexity index is 544. The predicted molar refractivity (Wildman–Crippen MR) is 71.2 cm³/mol. The summed E-state index contributed by atoms with van der Waals surface area (Å²) in [6, 6.07) is 5.63. The molecule has 2 aliphatic rings. The molecule has 4 nitrogen and oxygen atoms in total. The topological polar surface area (TPSA) is 66.4 Å². The Balaban J connectivity index is 2.12. The first-order chi connectivity index (χ1) is 9.13. The van der Waals surface area contributed by atoms with Gasteiger partial charge in [-0.2, -0.15) is 0 Å². The van der Waals surface area contributed by atoms with Gasteiger partial charge in [-0.1, -0.05) is 37.5 Å². The van der Waals surface area contributed by atoms with Gasteiger partial charge in [-0.3, -0.25) is 9.59 Å². The van der Waals surface area contributed by atoms with Crippen LogP contribution in [0.1, 0.15) is 43.2 Å². The van der Waals surface area contributed by atoms with E-state index in [9.17, 15) is 14.7 Å². The number of nitrogens with one attached hydrogen (secondary N) is 1. The second-order valence-corrected chi connectivity index (χ2v) is 5.51. The second kappa shape index (κ2) is 4.37. The van der Waals surface area contributed by atoms with E-state index >= 15 is 0 Å². The van der Waals surface area contributed by atoms with Crippen LogP contribution in [0.25, 0.3) is 0 Å². The zero-order chi connectivity index (χ0) is 13.5. The average molecular weight is 259 g/mol. The molecule has 1 aromatic rings. The van der Waals surface area contributed by atoms with Crippen LogP contribution in [-0.2, 0) is 21.4 Å². The van der Waals surface area contributed by atoms with E-state index in [0.29, 0.717) is 19.3 Å². The van der Waals surface area contributed by atoms with Gasteiger partial charge >= 0.3 is 5.97 Å². The molecular weight excluding hydrogens is 242 g/mol. The van der Waals surface area contributed by atoms with E-state index in [0.717, 1.165) is 36.1 Å². The van der Waals surface area contributed by atoms with Gasteiger partial charge in [0.25, 0.3) is 0 Å². The van der Waals surface area contributed by atoms with Crippen molar-refractivity contribution in [3.05, 3.63) is 29.3 Å². The summed E-state index contributed by atoms with van der Waals surface area (Å²) in [7, 11) is 0. The Kier molecular flexibility index (Phi) is 2.81. The van der Waals surface area contributed by atoms with E-state index in [-0.39, 0.29) is 5.91 Å². The molecular formula is C15H17NO3. The van der Waals surface area contributed by atoms with Crippen molar-refractivity contribution >= 4 is 17.6 Å². The van der Waals surface area contributed by atoms with Crippen LogP contribution in [-0.4, -0.2) is 17.0 Å². The van der Waals surface area contributed by atoms with Gasteiger partial charge in [0.15, 0.2) is 0 Å². The van der Waals surface area contributed by atoms with E-state index in [1.54, 1.807) is 0 Å². The summed E-state index contributed by atoms with van der Waals surface area (Å²) < 4.78 is 0. The maximum absolute atomic E-state index is 11.8. The number of carbonyl (C=O) groups excluding carboxylic acids is 1. The van der Waals surface area contributed by atoms with Crippen molar-refractivity contribution in [2.45, 2.75) is 43.9 Å². The number of aliphatic carboxylic acids is 1. The lowest BCUT2D eigenvalue weighted by molar-refractivity contribution is -0.145. The first-order valence-electron chi connectivity index (χ1n) is 6.79. The molecule has 0 saturated heterocycles. The summed E-state index contributed by atoms with van der Waals surface area (Å²) in [5.74, 6) is -0.805. The molecule has 1 aliphatic heterocycles. The van der Waals surface area contributed by atoms with E-state index in [4.69, 9.17) is 0 Å². The Morgan fingerprint density at radius 3 is 2.63 bits per heavy atom. The van der Waals surface area contributed by atoms with Crippen molar-refractivity contribution in [2.24, 2.45) is 0 Å². The second-order valence-electron chi connectivity index (χ2n) is 5.51. The minimum Gasteiger partial charge on any atom is -0.481 e. The molecule has 0 spiro atoms. The highest BCUT2D eigenvalue weighted by Crippen LogP contribution is 2.44. The van der Waals surface area contributed by atoms with Crippen LogP contribution in [0.3, 0.4) is 0 Å². The molecule has 0 unspecified atom stereocenters. The maximum Gasteiger partial charge on any atom is 0.314 e. The van der Waals surface area contributed by atoms with Crippen LogP contribution in [0.15, 0.2) is 18.2 Å². The third kappa shape index (κ3) is 1.82. The summed E-state index contributed by atoms with van der Waals surface area (Å²) in [6.07, 6.45) is 4.65. The highest BCUT2D eigenvalue weighted by Gasteiger charge is 2.44. The zero-order valence-corrected chi connectivity index (χ0v) is 10.7. The van der Waals surface area contributed by atoms with Crippen molar-refractivity contribution in [1.82, 2.24) is 0 Å². The molecule has 3 rings (SSSR count). The summed E-state index contributed by atoms with van der Waals surface area (Å²) in [6.45, 7) is 0. The van der Waals surface area contributed by atoms with Gasteiger partial charge in [-0.15, -0.1) is 0 Å². The monoisotopic (exact) mass is 259 g/mol. The molecule has 1 heterocycles. The number of carboxylic acids is 1. The normalized spacial score (nSPS) is 20.7. The van der Waals surface area contributed by atoms with Crippen molar-refractivity contribution in [3.8, 4) is 0 Å². The first-order valence-corrected chi connectivity index (χ1v) is 6.79. The van der Waals surface area contributed by atoms with Gasteiger partial charge in [0.1, 0.15) is 0 Å². The van der Waals surface area contributed by atoms with Crippen molar-refractivity contribution in [2.75, 3.05) is 5.32 Å². The lowest BCUT2D eigenvalue weighted by atomic mass is 9.68. The quantitative estimate of drug-likeness (QED) is 0.857. The summed E-state index contributed by atoms with van der Waals surface area (Å²) in [4.78, 5) is 23.4. The SMILES string of the molecule is O=C1Cc2cccc(C3(C(=O)O)CCCCC3)c2N1. The molecule has 1 aromatic carbocycles. The molecule has 0 aromatic heterocycles. The molecule has 1 saturated carbocycles. The first kappa shape index (κ1) is 12.2. The summed E-state index contributed by atoms with van der Waals surface area (Å²) in [5, 5.41) is 12.6. The van der Waals surface area contributed by atoms with Crippen molar-refractivity contribution in [1.29, 1.82) is 0 Å². The van der Waals surface area contributed by atoms with Crippen LogP contribution < -0.4 is 5.32 Å². The van der Waals surface area contributed by atoms with Crippen molar-refractivity contribution in [3.63, 3.8) is 0 Å². The van der Waals surface area contributed by atoms with Crippen LogP contribution in [0.2, 0.25) is 0 Å². The van der Waals surface area contributed by atoms with Gasteiger partial charge < -0.3 is 10.4 Å². The number of rotatable bonds is 2. The zero-order valence-electron chi connectivity index (χ0n) is 10.7. The van der Waals surface area contributed by atoms with E-state index in [1.807, 2.05) is 18.2 Å². The lowest BCUT2D eigenvalue weighted by Gasteiger charge is -2.34. The minimum absolute atomic E-state index is 0.0428. The third-order valence-corrected chi connectivity index (χ3v) is 4.40. The molecule has 1 fully saturated rings. The van der Waals surface area contributed by atoms with Crippen LogP contribution in [0, 0.1) is 0 Å². The third-order valence-electron chi connectivity index (χ3n) is 4.40. The number of carboxylic acid groups (broad SMARTS) is 1. The standard InChI is InChI=1S/C15H17NO3/c17-12-9-10-5-4-6-11(13(10)16-12)15(14(18)19)7-2-1-3-8-15/h4-6H,1-3,7-9H2,(H,16,17)(H,18,19). The molecule has 2 N–H and O–H groups in total. The Morgan fingerprint density at radius 2 is 1.95 bits per heavy atom. The van der Waals surface area contributed by atoms with Gasteiger partial charge in [-0.25, -0.2) is 0 Å². The summed E-state index contributed by atoms with van der Waals surface area (Å²) >= 11 is 0. The molecule has 0 atom stereocenters.